The average molecular weight is 500 g/mol. The monoisotopic (exact) mass is 499 g/mol. The van der Waals surface area contributed by atoms with E-state index in [1.165, 1.54) is 6.42 Å². The van der Waals surface area contributed by atoms with Gasteiger partial charge in [0.15, 0.2) is 0 Å². The van der Waals surface area contributed by atoms with Gasteiger partial charge in [-0.1, -0.05) is 53.7 Å². The second-order valence-corrected chi connectivity index (χ2v) is 12.4. The van der Waals surface area contributed by atoms with Gasteiger partial charge in [-0.2, -0.15) is 0 Å². The summed E-state index contributed by atoms with van der Waals surface area (Å²) < 4.78 is 15.6. The Labute approximate surface area is 219 Å². The Hall–Kier alpha value is -2.18. The number of halogens is 1. The summed E-state index contributed by atoms with van der Waals surface area (Å²) in [5, 5.41) is 6.92. The second kappa shape index (κ2) is 12.9. The predicted octanol–water partition coefficient (Wildman–Crippen LogP) is 6.57. The molecule has 3 rings (SSSR count). The lowest BCUT2D eigenvalue weighted by Crippen LogP contribution is -2.40. The largest absolute Gasteiger partial charge is 0.343 e. The first-order chi connectivity index (χ1) is 16.7. The minimum atomic E-state index is -0.0786. The molecule has 0 saturated carbocycles. The van der Waals surface area contributed by atoms with E-state index in [2.05, 4.69) is 87.5 Å². The van der Waals surface area contributed by atoms with E-state index in [-0.39, 0.29) is 17.4 Å². The number of nitrogens with zero attached hydrogens (tertiary/aromatic N) is 2. The van der Waals surface area contributed by atoms with Gasteiger partial charge in [0.2, 0.25) is 0 Å². The number of nitrogens with one attached hydrogen (secondary N) is 2. The van der Waals surface area contributed by atoms with Gasteiger partial charge in [0, 0.05) is 31.0 Å². The molecular formula is C30H50FN5. The van der Waals surface area contributed by atoms with Gasteiger partial charge in [0.25, 0.3) is 0 Å². The fourth-order valence-electron chi connectivity index (χ4n) is 4.45. The summed E-state index contributed by atoms with van der Waals surface area (Å²) >= 11 is 0. The van der Waals surface area contributed by atoms with E-state index in [1.807, 2.05) is 13.3 Å². The van der Waals surface area contributed by atoms with E-state index >= 15 is 0 Å². The first kappa shape index (κ1) is 30.0. The number of benzene rings is 1. The minimum absolute atomic E-state index is 0.0193. The fourth-order valence-corrected chi connectivity index (χ4v) is 4.45. The summed E-state index contributed by atoms with van der Waals surface area (Å²) in [5.74, 6) is 1.26. The molecule has 1 aromatic heterocycles. The van der Waals surface area contributed by atoms with E-state index in [1.54, 1.807) is 6.07 Å². The average Bonchev–Trinajstić information content (AvgIpc) is 3.23. The Kier molecular flexibility index (Phi) is 10.7. The van der Waals surface area contributed by atoms with Crippen molar-refractivity contribution >= 4 is 5.82 Å². The number of imidazole rings is 1. The number of hydrogen-bond donors (Lipinski definition) is 3. The highest BCUT2D eigenvalue weighted by molar-refractivity contribution is 5.39. The molecule has 0 fully saturated rings. The second-order valence-electron chi connectivity index (χ2n) is 12.4. The third-order valence-corrected chi connectivity index (χ3v) is 6.78. The maximum atomic E-state index is 13.4. The SMILES string of the molecule is C=C(Nc1cn(C(C)(C)CNCC(C)(C)C)cn1)C(C)CCC.Cc1cc(F)c2c(c1)CCC(N)C2. The van der Waals surface area contributed by atoms with Crippen molar-refractivity contribution in [2.45, 2.75) is 99.1 Å². The first-order valence-corrected chi connectivity index (χ1v) is 13.5. The van der Waals surface area contributed by atoms with Crippen LogP contribution in [0, 0.1) is 24.1 Å². The topological polar surface area (TPSA) is 67.9 Å². The molecule has 5 nitrogen and oxygen atoms in total. The molecule has 202 valence electrons. The molecule has 0 amide bonds. The number of aryl methyl sites for hydroxylation is 2. The van der Waals surface area contributed by atoms with E-state index in [0.29, 0.717) is 17.8 Å². The molecule has 1 aliphatic carbocycles. The molecular weight excluding hydrogens is 449 g/mol. The summed E-state index contributed by atoms with van der Waals surface area (Å²) in [6.07, 6.45) is 8.89. The highest BCUT2D eigenvalue weighted by Gasteiger charge is 2.22. The molecule has 0 aliphatic heterocycles. The van der Waals surface area contributed by atoms with Crippen LogP contribution in [0.5, 0.6) is 0 Å². The van der Waals surface area contributed by atoms with Gasteiger partial charge in [-0.3, -0.25) is 0 Å². The molecule has 1 aliphatic rings. The summed E-state index contributed by atoms with van der Waals surface area (Å²) in [5.41, 5.74) is 10.1. The number of fused-ring (bicyclic) bond motifs is 1. The smallest absolute Gasteiger partial charge is 0.148 e. The van der Waals surface area contributed by atoms with E-state index < -0.39 is 0 Å². The maximum Gasteiger partial charge on any atom is 0.148 e. The van der Waals surface area contributed by atoms with Crippen LogP contribution < -0.4 is 16.4 Å². The van der Waals surface area contributed by atoms with Gasteiger partial charge in [0.1, 0.15) is 11.6 Å². The van der Waals surface area contributed by atoms with Crippen LogP contribution in [0.2, 0.25) is 0 Å². The van der Waals surface area contributed by atoms with Gasteiger partial charge in [0.05, 0.1) is 11.9 Å². The van der Waals surface area contributed by atoms with Crippen molar-refractivity contribution in [1.29, 1.82) is 0 Å². The summed E-state index contributed by atoms with van der Waals surface area (Å²) in [6, 6.07) is 3.81. The number of allylic oxidation sites excluding steroid dienone is 1. The fraction of sp³-hybridized carbons (Fsp3) is 0.633. The zero-order chi connectivity index (χ0) is 27.1. The van der Waals surface area contributed by atoms with Crippen molar-refractivity contribution in [1.82, 2.24) is 14.9 Å². The van der Waals surface area contributed by atoms with Crippen LogP contribution in [0.25, 0.3) is 0 Å². The molecule has 1 aromatic carbocycles. The van der Waals surface area contributed by atoms with Gasteiger partial charge in [-0.05, 0) is 80.5 Å². The standard InChI is InChI=1S/C19H36N4.C11H14FN/c1-9-10-15(2)16(3)22-17-11-23(14-21-17)19(7,8)13-20-12-18(4,5)6;1-7-4-8-2-3-9(13)6-10(8)11(12)5-7/h11,14-15,20,22H,3,9-10,12-13H2,1-2,4-8H3;4-5,9H,2-3,6,13H2,1H3. The third-order valence-electron chi connectivity index (χ3n) is 6.78. The van der Waals surface area contributed by atoms with Crippen LogP contribution in [0.1, 0.15) is 84.4 Å². The van der Waals surface area contributed by atoms with E-state index in [0.717, 1.165) is 60.6 Å². The lowest BCUT2D eigenvalue weighted by molar-refractivity contribution is 0.298. The maximum absolute atomic E-state index is 13.4. The van der Waals surface area contributed by atoms with Crippen LogP contribution in [0.4, 0.5) is 10.2 Å². The normalized spacial score (nSPS) is 16.6. The lowest BCUT2D eigenvalue weighted by Gasteiger charge is -2.29. The third kappa shape index (κ3) is 9.36. The zero-order valence-electron chi connectivity index (χ0n) is 24.0. The van der Waals surface area contributed by atoms with Crippen molar-refractivity contribution in [3.05, 3.63) is 59.4 Å². The summed E-state index contributed by atoms with van der Waals surface area (Å²) in [4.78, 5) is 4.49. The van der Waals surface area contributed by atoms with Gasteiger partial charge >= 0.3 is 0 Å². The van der Waals surface area contributed by atoms with E-state index in [9.17, 15) is 4.39 Å². The zero-order valence-corrected chi connectivity index (χ0v) is 24.0. The minimum Gasteiger partial charge on any atom is -0.343 e. The molecule has 1 heterocycles. The van der Waals surface area contributed by atoms with Crippen LogP contribution in [0.15, 0.2) is 36.9 Å². The molecule has 6 heteroatoms. The van der Waals surface area contributed by atoms with Gasteiger partial charge in [-0.15, -0.1) is 0 Å². The number of aromatic nitrogens is 2. The number of nitrogens with two attached hydrogens (primary N) is 1. The molecule has 0 spiro atoms. The Morgan fingerprint density at radius 3 is 2.58 bits per heavy atom. The molecule has 2 unspecified atom stereocenters. The lowest BCUT2D eigenvalue weighted by atomic mass is 9.87. The Bertz CT molecular complexity index is 986. The quantitative estimate of drug-likeness (QED) is 0.365. The van der Waals surface area contributed by atoms with Crippen molar-refractivity contribution in [2.75, 3.05) is 18.4 Å². The molecule has 4 N–H and O–H groups in total. The van der Waals surface area contributed by atoms with Crippen molar-refractivity contribution in [3.8, 4) is 0 Å². The van der Waals surface area contributed by atoms with Crippen LogP contribution in [-0.2, 0) is 18.4 Å². The van der Waals surface area contributed by atoms with E-state index in [4.69, 9.17) is 5.73 Å². The van der Waals surface area contributed by atoms with Crippen molar-refractivity contribution in [2.24, 2.45) is 17.1 Å². The number of anilines is 1. The summed E-state index contributed by atoms with van der Waals surface area (Å²) in [6.45, 7) is 23.6. The van der Waals surface area contributed by atoms with Gasteiger partial charge in [-0.25, -0.2) is 9.37 Å². The van der Waals surface area contributed by atoms with Crippen molar-refractivity contribution < 1.29 is 4.39 Å². The highest BCUT2D eigenvalue weighted by atomic mass is 19.1. The van der Waals surface area contributed by atoms with Crippen LogP contribution in [-0.4, -0.2) is 28.7 Å². The predicted molar refractivity (Wildman–Crippen MR) is 152 cm³/mol. The Balaban J connectivity index is 0.000000293. The first-order valence-electron chi connectivity index (χ1n) is 13.5. The molecule has 2 aromatic rings. The highest BCUT2D eigenvalue weighted by Crippen LogP contribution is 2.24. The molecule has 0 saturated heterocycles. The van der Waals surface area contributed by atoms with Crippen molar-refractivity contribution in [3.63, 3.8) is 0 Å². The molecule has 36 heavy (non-hydrogen) atoms. The Morgan fingerprint density at radius 1 is 1.25 bits per heavy atom. The van der Waals surface area contributed by atoms with Crippen LogP contribution >= 0.6 is 0 Å². The number of rotatable bonds is 9. The van der Waals surface area contributed by atoms with Crippen LogP contribution in [0.3, 0.4) is 0 Å². The molecule has 0 bridgehead atoms. The Morgan fingerprint density at radius 2 is 1.94 bits per heavy atom. The van der Waals surface area contributed by atoms with Gasteiger partial charge < -0.3 is 20.9 Å². The number of hydrogen-bond acceptors (Lipinski definition) is 4. The summed E-state index contributed by atoms with van der Waals surface area (Å²) in [7, 11) is 0. The molecule has 2 atom stereocenters. The molecule has 0 radical (unpaired) electrons.